The monoisotopic (exact) mass is 366 g/mol. The first kappa shape index (κ1) is 17.7. The highest BCUT2D eigenvalue weighted by Gasteiger charge is 2.13. The number of fused-ring (bicyclic) bond motifs is 1. The van der Waals surface area contributed by atoms with Crippen molar-refractivity contribution >= 4 is 16.9 Å². The van der Waals surface area contributed by atoms with E-state index in [1.807, 2.05) is 12.4 Å². The third kappa shape index (κ3) is 4.01. The summed E-state index contributed by atoms with van der Waals surface area (Å²) in [7, 11) is 0. The minimum absolute atomic E-state index is 0.161. The number of carbonyl (C=O) groups excluding carboxylic acids is 1. The van der Waals surface area contributed by atoms with Gasteiger partial charge in [0.05, 0.1) is 17.4 Å². The summed E-state index contributed by atoms with van der Waals surface area (Å²) in [5.41, 5.74) is 2.83. The van der Waals surface area contributed by atoms with Crippen molar-refractivity contribution in [1.82, 2.24) is 19.8 Å². The molecule has 0 saturated carbocycles. The average Bonchev–Trinajstić information content (AvgIpc) is 3.34. The fraction of sp³-hybridized carbons (Fsp3) is 0.333. The summed E-state index contributed by atoms with van der Waals surface area (Å²) >= 11 is 0. The lowest BCUT2D eigenvalue weighted by Crippen LogP contribution is -2.24. The molecule has 2 aromatic carbocycles. The molecule has 0 spiro atoms. The van der Waals surface area contributed by atoms with Crippen LogP contribution in [0.2, 0.25) is 0 Å². The lowest BCUT2D eigenvalue weighted by molar-refractivity contribution is 0.0950. The van der Waals surface area contributed by atoms with Crippen LogP contribution in [0.25, 0.3) is 11.0 Å². The van der Waals surface area contributed by atoms with Crippen molar-refractivity contribution < 1.29 is 9.18 Å². The highest BCUT2D eigenvalue weighted by Crippen LogP contribution is 2.16. The van der Waals surface area contributed by atoms with Gasteiger partial charge in [-0.15, -0.1) is 0 Å². The van der Waals surface area contributed by atoms with Gasteiger partial charge >= 0.3 is 0 Å². The second kappa shape index (κ2) is 7.88. The molecular weight excluding hydrogens is 343 g/mol. The van der Waals surface area contributed by atoms with E-state index in [0.717, 1.165) is 24.1 Å². The van der Waals surface area contributed by atoms with Crippen LogP contribution >= 0.6 is 0 Å². The van der Waals surface area contributed by atoms with Crippen LogP contribution < -0.4 is 5.32 Å². The number of halogens is 1. The first-order chi connectivity index (χ1) is 13.2. The van der Waals surface area contributed by atoms with Gasteiger partial charge in [-0.25, -0.2) is 9.37 Å². The second-order valence-electron chi connectivity index (χ2n) is 6.96. The minimum Gasteiger partial charge on any atom is -0.348 e. The van der Waals surface area contributed by atoms with Crippen molar-refractivity contribution in [3.05, 3.63) is 65.7 Å². The number of likely N-dealkylation sites (tertiary alicyclic amines) is 1. The molecule has 1 fully saturated rings. The summed E-state index contributed by atoms with van der Waals surface area (Å²) < 4.78 is 15.8. The van der Waals surface area contributed by atoms with Crippen molar-refractivity contribution in [2.45, 2.75) is 25.9 Å². The van der Waals surface area contributed by atoms with Crippen LogP contribution in [0.4, 0.5) is 4.39 Å². The number of nitrogens with zero attached hydrogens (tertiary/aromatic N) is 3. The summed E-state index contributed by atoms with van der Waals surface area (Å²) in [6, 6.07) is 12.0. The quantitative estimate of drug-likeness (QED) is 0.729. The van der Waals surface area contributed by atoms with Crippen LogP contribution in [0, 0.1) is 5.82 Å². The summed E-state index contributed by atoms with van der Waals surface area (Å²) in [6.07, 6.45) is 4.41. The Morgan fingerprint density at radius 3 is 2.74 bits per heavy atom. The van der Waals surface area contributed by atoms with E-state index in [9.17, 15) is 9.18 Å². The zero-order valence-electron chi connectivity index (χ0n) is 15.2. The molecular formula is C21H23FN4O. The summed E-state index contributed by atoms with van der Waals surface area (Å²) in [4.78, 5) is 19.3. The molecule has 1 N–H and O–H groups in total. The number of hydrogen-bond acceptors (Lipinski definition) is 3. The molecule has 1 aliphatic rings. The predicted octanol–water partition coefficient (Wildman–Crippen LogP) is 3.20. The lowest BCUT2D eigenvalue weighted by atomic mass is 10.1. The van der Waals surface area contributed by atoms with Crippen molar-refractivity contribution in [2.75, 3.05) is 19.6 Å². The zero-order chi connectivity index (χ0) is 18.6. The number of nitrogens with one attached hydrogen (secondary N) is 1. The Kier molecular flexibility index (Phi) is 5.16. The van der Waals surface area contributed by atoms with Gasteiger partial charge in [0.25, 0.3) is 5.91 Å². The van der Waals surface area contributed by atoms with Gasteiger partial charge in [-0.2, -0.15) is 0 Å². The zero-order valence-corrected chi connectivity index (χ0v) is 15.2. The van der Waals surface area contributed by atoms with Crippen molar-refractivity contribution in [3.8, 4) is 0 Å². The molecule has 1 aliphatic heterocycles. The molecule has 1 saturated heterocycles. The molecule has 0 unspecified atom stereocenters. The molecule has 3 aromatic rings. The average molecular weight is 366 g/mol. The van der Waals surface area contributed by atoms with Gasteiger partial charge in [0.1, 0.15) is 5.82 Å². The number of hydrogen-bond donors (Lipinski definition) is 1. The first-order valence-electron chi connectivity index (χ1n) is 9.39. The van der Waals surface area contributed by atoms with Crippen LogP contribution in [0.1, 0.15) is 28.8 Å². The third-order valence-electron chi connectivity index (χ3n) is 5.14. The van der Waals surface area contributed by atoms with Crippen molar-refractivity contribution in [3.63, 3.8) is 0 Å². The van der Waals surface area contributed by atoms with Crippen LogP contribution in [0.3, 0.4) is 0 Å². The molecule has 0 atom stereocenters. The topological polar surface area (TPSA) is 50.2 Å². The maximum atomic E-state index is 13.7. The maximum absolute atomic E-state index is 13.7. The SMILES string of the molecule is O=C(NCc1ccccc1F)c1ccc2c(c1)ncn2CCN1CCCC1. The fourth-order valence-corrected chi connectivity index (χ4v) is 3.56. The number of carbonyl (C=O) groups is 1. The van der Waals surface area contributed by atoms with Gasteiger partial charge in [-0.05, 0) is 50.2 Å². The number of imidazole rings is 1. The molecule has 27 heavy (non-hydrogen) atoms. The smallest absolute Gasteiger partial charge is 0.251 e. The van der Waals surface area contributed by atoms with E-state index < -0.39 is 0 Å². The van der Waals surface area contributed by atoms with Crippen LogP contribution in [-0.2, 0) is 13.1 Å². The molecule has 6 heteroatoms. The normalized spacial score (nSPS) is 14.7. The van der Waals surface area contributed by atoms with Gasteiger partial charge < -0.3 is 14.8 Å². The standard InChI is InChI=1S/C21H23FN4O/c22-18-6-2-1-5-17(18)14-23-21(27)16-7-8-20-19(13-16)24-15-26(20)12-11-25-9-3-4-10-25/h1-2,5-8,13,15H,3-4,9-12,14H2,(H,23,27). The molecule has 0 radical (unpaired) electrons. The van der Waals surface area contributed by atoms with E-state index in [4.69, 9.17) is 0 Å². The Morgan fingerprint density at radius 1 is 1.11 bits per heavy atom. The molecule has 1 amide bonds. The van der Waals surface area contributed by atoms with Crippen molar-refractivity contribution in [1.29, 1.82) is 0 Å². The highest BCUT2D eigenvalue weighted by atomic mass is 19.1. The first-order valence-corrected chi connectivity index (χ1v) is 9.39. The minimum atomic E-state index is -0.315. The number of rotatable bonds is 6. The molecule has 4 rings (SSSR count). The second-order valence-corrected chi connectivity index (χ2v) is 6.96. The Bertz CT molecular complexity index is 946. The van der Waals surface area contributed by atoms with Gasteiger partial charge in [0.2, 0.25) is 0 Å². The van der Waals surface area contributed by atoms with E-state index in [1.54, 1.807) is 30.3 Å². The van der Waals surface area contributed by atoms with Crippen LogP contribution in [0.5, 0.6) is 0 Å². The van der Waals surface area contributed by atoms with Gasteiger partial charge in [0, 0.05) is 30.8 Å². The molecule has 2 heterocycles. The Morgan fingerprint density at radius 2 is 1.93 bits per heavy atom. The molecule has 0 bridgehead atoms. The fourth-order valence-electron chi connectivity index (χ4n) is 3.56. The van der Waals surface area contributed by atoms with Crippen LogP contribution in [-0.4, -0.2) is 40.0 Å². The van der Waals surface area contributed by atoms with Gasteiger partial charge in [-0.1, -0.05) is 18.2 Å². The van der Waals surface area contributed by atoms with E-state index in [2.05, 4.69) is 19.8 Å². The predicted molar refractivity (Wildman–Crippen MR) is 103 cm³/mol. The molecule has 1 aromatic heterocycles. The summed E-state index contributed by atoms with van der Waals surface area (Å²) in [5.74, 6) is -0.545. The number of benzene rings is 2. The van der Waals surface area contributed by atoms with E-state index in [0.29, 0.717) is 11.1 Å². The summed E-state index contributed by atoms with van der Waals surface area (Å²) in [6.45, 7) is 4.44. The Hall–Kier alpha value is -2.73. The molecule has 5 nitrogen and oxygen atoms in total. The number of amides is 1. The largest absolute Gasteiger partial charge is 0.348 e. The Balaban J connectivity index is 1.42. The summed E-state index contributed by atoms with van der Waals surface area (Å²) in [5, 5.41) is 2.77. The lowest BCUT2D eigenvalue weighted by Gasteiger charge is -2.15. The van der Waals surface area contributed by atoms with Crippen molar-refractivity contribution in [2.24, 2.45) is 0 Å². The highest BCUT2D eigenvalue weighted by molar-refractivity contribution is 5.97. The van der Waals surface area contributed by atoms with E-state index in [1.165, 1.54) is 32.0 Å². The third-order valence-corrected chi connectivity index (χ3v) is 5.14. The van der Waals surface area contributed by atoms with Crippen LogP contribution in [0.15, 0.2) is 48.8 Å². The van der Waals surface area contributed by atoms with Gasteiger partial charge in [-0.3, -0.25) is 4.79 Å². The maximum Gasteiger partial charge on any atom is 0.251 e. The molecule has 0 aliphatic carbocycles. The van der Waals surface area contributed by atoms with E-state index in [-0.39, 0.29) is 18.3 Å². The Labute approximate surface area is 157 Å². The molecule has 140 valence electrons. The van der Waals surface area contributed by atoms with Gasteiger partial charge in [0.15, 0.2) is 0 Å². The van der Waals surface area contributed by atoms with E-state index >= 15 is 0 Å². The number of aromatic nitrogens is 2.